The second kappa shape index (κ2) is 5.20. The molecule has 3 aromatic rings. The lowest BCUT2D eigenvalue weighted by atomic mass is 10.1. The quantitative estimate of drug-likeness (QED) is 0.680. The Morgan fingerprint density at radius 3 is 2.87 bits per heavy atom. The van der Waals surface area contributed by atoms with E-state index in [1.54, 1.807) is 42.5 Å². The molecule has 2 aromatic carbocycles. The number of ether oxygens (including phenoxy) is 2. The second-order valence-electron chi connectivity index (χ2n) is 5.06. The molecule has 2 heterocycles. The predicted octanol–water partition coefficient (Wildman–Crippen LogP) is 1.40. The highest BCUT2D eigenvalue weighted by molar-refractivity contribution is 5.96. The van der Waals surface area contributed by atoms with E-state index in [0.29, 0.717) is 28.0 Å². The Kier molecular flexibility index (Phi) is 3.04. The van der Waals surface area contributed by atoms with Crippen LogP contribution in [0.4, 0.5) is 0 Å². The van der Waals surface area contributed by atoms with Crippen molar-refractivity contribution in [3.8, 4) is 11.5 Å². The minimum atomic E-state index is -0.343. The molecule has 1 aliphatic heterocycles. The largest absolute Gasteiger partial charge is 0.454 e. The Labute approximate surface area is 130 Å². The maximum Gasteiger partial charge on any atom is 0.278 e. The van der Waals surface area contributed by atoms with Gasteiger partial charge in [0.05, 0.1) is 5.39 Å². The van der Waals surface area contributed by atoms with E-state index < -0.39 is 0 Å². The van der Waals surface area contributed by atoms with Crippen LogP contribution in [0.25, 0.3) is 10.9 Å². The molecule has 7 nitrogen and oxygen atoms in total. The van der Waals surface area contributed by atoms with Crippen molar-refractivity contribution in [2.45, 2.75) is 6.54 Å². The summed E-state index contributed by atoms with van der Waals surface area (Å²) in [6, 6.07) is 11.8. The molecule has 1 aliphatic rings. The first-order valence-corrected chi connectivity index (χ1v) is 6.98. The van der Waals surface area contributed by atoms with Gasteiger partial charge in [-0.2, -0.15) is 0 Å². The molecule has 0 atom stereocenters. The fraction of sp³-hybridized carbons (Fsp3) is 0.125. The molecule has 1 aromatic heterocycles. The molecule has 0 amide bonds. The van der Waals surface area contributed by atoms with Gasteiger partial charge in [-0.25, -0.2) is 4.68 Å². The molecular formula is C16H11N3O4. The number of nitrogens with zero attached hydrogens (tertiary/aromatic N) is 3. The normalized spacial score (nSPS) is 12.5. The molecule has 4 rings (SSSR count). The van der Waals surface area contributed by atoms with E-state index in [1.165, 1.54) is 0 Å². The molecule has 0 spiro atoms. The van der Waals surface area contributed by atoms with Crippen LogP contribution in [0, 0.1) is 0 Å². The lowest BCUT2D eigenvalue weighted by Gasteiger charge is -2.05. The molecule has 23 heavy (non-hydrogen) atoms. The van der Waals surface area contributed by atoms with Gasteiger partial charge >= 0.3 is 0 Å². The maximum atomic E-state index is 12.4. The van der Waals surface area contributed by atoms with Crippen LogP contribution in [0.15, 0.2) is 47.3 Å². The smallest absolute Gasteiger partial charge is 0.278 e. The first kappa shape index (κ1) is 13.4. The number of carbonyl (C=O) groups excluding carboxylic acids is 1. The molecule has 114 valence electrons. The van der Waals surface area contributed by atoms with Crippen molar-refractivity contribution >= 4 is 16.7 Å². The van der Waals surface area contributed by atoms with Gasteiger partial charge in [0.15, 0.2) is 17.3 Å². The molecule has 0 saturated heterocycles. The molecular weight excluding hydrogens is 298 g/mol. The van der Waals surface area contributed by atoms with Crippen LogP contribution < -0.4 is 15.0 Å². The summed E-state index contributed by atoms with van der Waals surface area (Å²) >= 11 is 0. The van der Waals surface area contributed by atoms with E-state index in [1.807, 2.05) is 0 Å². The summed E-state index contributed by atoms with van der Waals surface area (Å²) in [5, 5.41) is 8.22. The SMILES string of the molecule is O=C(Cn1nnc2ccccc2c1=O)c1ccc2c(c1)OCO2. The summed E-state index contributed by atoms with van der Waals surface area (Å²) in [7, 11) is 0. The Morgan fingerprint density at radius 2 is 1.96 bits per heavy atom. The van der Waals surface area contributed by atoms with Crippen molar-refractivity contribution in [1.29, 1.82) is 0 Å². The van der Waals surface area contributed by atoms with Crippen molar-refractivity contribution in [2.24, 2.45) is 0 Å². The summed E-state index contributed by atoms with van der Waals surface area (Å²) in [5.41, 5.74) is 0.588. The van der Waals surface area contributed by atoms with Gasteiger partial charge in [-0.3, -0.25) is 9.59 Å². The lowest BCUT2D eigenvalue weighted by Crippen LogP contribution is -2.27. The van der Waals surface area contributed by atoms with Crippen molar-refractivity contribution < 1.29 is 14.3 Å². The average molecular weight is 309 g/mol. The summed E-state index contributed by atoms with van der Waals surface area (Å²) in [6.07, 6.45) is 0. The summed E-state index contributed by atoms with van der Waals surface area (Å²) < 4.78 is 11.5. The van der Waals surface area contributed by atoms with Crippen LogP contribution in [0.2, 0.25) is 0 Å². The van der Waals surface area contributed by atoms with E-state index in [-0.39, 0.29) is 24.7 Å². The molecule has 0 N–H and O–H groups in total. The molecule has 7 heteroatoms. The van der Waals surface area contributed by atoms with E-state index in [0.717, 1.165) is 4.68 Å². The zero-order valence-corrected chi connectivity index (χ0v) is 11.9. The number of hydrogen-bond donors (Lipinski definition) is 0. The molecule has 0 fully saturated rings. The number of Topliss-reactive ketones (excluding diaryl/α,β-unsaturated/α-hetero) is 1. The first-order valence-electron chi connectivity index (χ1n) is 6.98. The third-order valence-electron chi connectivity index (χ3n) is 3.62. The third kappa shape index (κ3) is 2.32. The van der Waals surface area contributed by atoms with Crippen LogP contribution in [0.3, 0.4) is 0 Å². The number of hydrogen-bond acceptors (Lipinski definition) is 6. The lowest BCUT2D eigenvalue weighted by molar-refractivity contribution is 0.0964. The zero-order chi connectivity index (χ0) is 15.8. The van der Waals surface area contributed by atoms with Crippen LogP contribution in [-0.4, -0.2) is 27.6 Å². The Bertz CT molecular complexity index is 980. The molecule has 0 bridgehead atoms. The number of benzene rings is 2. The van der Waals surface area contributed by atoms with E-state index in [2.05, 4.69) is 10.3 Å². The Morgan fingerprint density at radius 1 is 1.13 bits per heavy atom. The maximum absolute atomic E-state index is 12.4. The van der Waals surface area contributed by atoms with Gasteiger partial charge in [-0.05, 0) is 30.3 Å². The van der Waals surface area contributed by atoms with E-state index in [4.69, 9.17) is 9.47 Å². The van der Waals surface area contributed by atoms with Gasteiger partial charge in [0, 0.05) is 5.56 Å². The highest BCUT2D eigenvalue weighted by Crippen LogP contribution is 2.32. The average Bonchev–Trinajstić information content (AvgIpc) is 3.05. The van der Waals surface area contributed by atoms with E-state index >= 15 is 0 Å². The second-order valence-corrected chi connectivity index (χ2v) is 5.06. The standard InChI is InChI=1S/C16H11N3O4/c20-13(10-5-6-14-15(7-10)23-9-22-14)8-19-16(21)11-3-1-2-4-12(11)17-18-19/h1-7H,8-9H2. The number of rotatable bonds is 3. The first-order chi connectivity index (χ1) is 11.2. The fourth-order valence-electron chi connectivity index (χ4n) is 2.42. The van der Waals surface area contributed by atoms with Gasteiger partial charge in [0.2, 0.25) is 6.79 Å². The van der Waals surface area contributed by atoms with Crippen molar-refractivity contribution in [3.63, 3.8) is 0 Å². The van der Waals surface area contributed by atoms with Crippen molar-refractivity contribution in [1.82, 2.24) is 15.0 Å². The fourth-order valence-corrected chi connectivity index (χ4v) is 2.42. The molecule has 0 saturated carbocycles. The number of aromatic nitrogens is 3. The molecule has 0 unspecified atom stereocenters. The minimum absolute atomic E-state index is 0.141. The Balaban J connectivity index is 1.66. The zero-order valence-electron chi connectivity index (χ0n) is 11.9. The van der Waals surface area contributed by atoms with Crippen LogP contribution >= 0.6 is 0 Å². The van der Waals surface area contributed by atoms with Gasteiger partial charge in [-0.1, -0.05) is 17.3 Å². The number of ketones is 1. The molecule has 0 radical (unpaired) electrons. The van der Waals surface area contributed by atoms with Gasteiger partial charge in [-0.15, -0.1) is 5.10 Å². The highest BCUT2D eigenvalue weighted by atomic mass is 16.7. The summed E-state index contributed by atoms with van der Waals surface area (Å²) in [4.78, 5) is 24.7. The van der Waals surface area contributed by atoms with Crippen molar-refractivity contribution in [2.75, 3.05) is 6.79 Å². The van der Waals surface area contributed by atoms with Gasteiger partial charge in [0.1, 0.15) is 12.1 Å². The summed E-state index contributed by atoms with van der Waals surface area (Å²) in [5.74, 6) is 0.868. The summed E-state index contributed by atoms with van der Waals surface area (Å²) in [6.45, 7) is -0.0428. The third-order valence-corrected chi connectivity index (χ3v) is 3.62. The van der Waals surface area contributed by atoms with Crippen molar-refractivity contribution in [3.05, 3.63) is 58.4 Å². The molecule has 0 aliphatic carbocycles. The monoisotopic (exact) mass is 309 g/mol. The number of fused-ring (bicyclic) bond motifs is 2. The predicted molar refractivity (Wildman–Crippen MR) is 80.7 cm³/mol. The van der Waals surface area contributed by atoms with Crippen LogP contribution in [-0.2, 0) is 6.54 Å². The topological polar surface area (TPSA) is 83.3 Å². The van der Waals surface area contributed by atoms with Gasteiger partial charge in [0.25, 0.3) is 5.56 Å². The number of carbonyl (C=O) groups is 1. The highest BCUT2D eigenvalue weighted by Gasteiger charge is 2.17. The minimum Gasteiger partial charge on any atom is -0.454 e. The van der Waals surface area contributed by atoms with Crippen LogP contribution in [0.1, 0.15) is 10.4 Å². The Hall–Kier alpha value is -3.22. The van der Waals surface area contributed by atoms with Crippen LogP contribution in [0.5, 0.6) is 11.5 Å². The van der Waals surface area contributed by atoms with Gasteiger partial charge < -0.3 is 9.47 Å². The van der Waals surface area contributed by atoms with E-state index in [9.17, 15) is 9.59 Å².